The Bertz CT molecular complexity index is 210. The van der Waals surface area contributed by atoms with Crippen molar-refractivity contribution >= 4 is 11.8 Å². The normalized spacial score (nSPS) is 19.1. The van der Waals surface area contributed by atoms with Crippen LogP contribution >= 0.6 is 0 Å². The van der Waals surface area contributed by atoms with Crippen LogP contribution in [-0.2, 0) is 9.59 Å². The Morgan fingerprint density at radius 2 is 1.93 bits per heavy atom. The highest BCUT2D eigenvalue weighted by Crippen LogP contribution is 2.18. The number of rotatable bonds is 4. The van der Waals surface area contributed by atoms with Crippen molar-refractivity contribution in [2.45, 2.75) is 26.2 Å². The number of piperidine rings is 1. The van der Waals surface area contributed by atoms with E-state index >= 15 is 0 Å². The van der Waals surface area contributed by atoms with Crippen LogP contribution in [0.5, 0.6) is 0 Å². The highest BCUT2D eigenvalue weighted by Gasteiger charge is 2.29. The van der Waals surface area contributed by atoms with Crippen LogP contribution in [0.4, 0.5) is 0 Å². The third-order valence-corrected chi connectivity index (χ3v) is 2.46. The van der Waals surface area contributed by atoms with Gasteiger partial charge in [0.05, 0.1) is 0 Å². The highest BCUT2D eigenvalue weighted by molar-refractivity contribution is 5.97. The van der Waals surface area contributed by atoms with E-state index in [1.54, 1.807) is 0 Å². The Labute approximate surface area is 84.7 Å². The maximum absolute atomic E-state index is 11.5. The maximum atomic E-state index is 11.5. The summed E-state index contributed by atoms with van der Waals surface area (Å²) in [6.07, 6.45) is 1.87. The van der Waals surface area contributed by atoms with Crippen molar-refractivity contribution in [3.05, 3.63) is 0 Å². The van der Waals surface area contributed by atoms with Gasteiger partial charge < -0.3 is 5.32 Å². The van der Waals surface area contributed by atoms with Gasteiger partial charge in [0, 0.05) is 19.4 Å². The van der Waals surface area contributed by atoms with Crippen LogP contribution in [0.2, 0.25) is 0 Å². The van der Waals surface area contributed by atoms with Gasteiger partial charge >= 0.3 is 0 Å². The molecule has 1 N–H and O–H groups in total. The molecule has 0 aliphatic carbocycles. The minimum atomic E-state index is -0.00940. The van der Waals surface area contributed by atoms with Gasteiger partial charge in [0.15, 0.2) is 0 Å². The summed E-state index contributed by atoms with van der Waals surface area (Å²) >= 11 is 0. The lowest BCUT2D eigenvalue weighted by Gasteiger charge is -2.28. The molecule has 1 saturated heterocycles. The standard InChI is InChI=1S/C10H18N2O2/c1-8-6-9(13)12(10(14)7-8)5-3-4-11-2/h8,11H,3-7H2,1-2H3. The number of nitrogens with one attached hydrogen (secondary N) is 1. The van der Waals surface area contributed by atoms with Gasteiger partial charge in [-0.05, 0) is 25.9 Å². The molecule has 1 aliphatic heterocycles. The number of hydrogen-bond acceptors (Lipinski definition) is 3. The molecular weight excluding hydrogens is 180 g/mol. The van der Waals surface area contributed by atoms with Gasteiger partial charge in [0.1, 0.15) is 0 Å². The molecule has 4 nitrogen and oxygen atoms in total. The van der Waals surface area contributed by atoms with Crippen molar-refractivity contribution in [1.29, 1.82) is 0 Å². The number of hydrogen-bond donors (Lipinski definition) is 1. The third-order valence-electron chi connectivity index (χ3n) is 2.46. The number of amides is 2. The van der Waals surface area contributed by atoms with Crippen LogP contribution in [0.25, 0.3) is 0 Å². The zero-order valence-corrected chi connectivity index (χ0v) is 8.88. The zero-order chi connectivity index (χ0) is 10.6. The summed E-state index contributed by atoms with van der Waals surface area (Å²) in [5.41, 5.74) is 0. The molecule has 0 aromatic carbocycles. The molecule has 0 saturated carbocycles. The van der Waals surface area contributed by atoms with E-state index in [0.29, 0.717) is 19.4 Å². The van der Waals surface area contributed by atoms with Gasteiger partial charge in [-0.15, -0.1) is 0 Å². The van der Waals surface area contributed by atoms with Crippen LogP contribution in [-0.4, -0.2) is 36.9 Å². The predicted octanol–water partition coefficient (Wildman–Crippen LogP) is 0.381. The fourth-order valence-electron chi connectivity index (χ4n) is 1.69. The first-order valence-corrected chi connectivity index (χ1v) is 5.13. The minimum absolute atomic E-state index is 0.00940. The van der Waals surface area contributed by atoms with Crippen molar-refractivity contribution in [3.63, 3.8) is 0 Å². The lowest BCUT2D eigenvalue weighted by atomic mass is 9.98. The molecule has 1 fully saturated rings. The number of carbonyl (C=O) groups is 2. The topological polar surface area (TPSA) is 49.4 Å². The molecule has 1 aliphatic rings. The fourth-order valence-corrected chi connectivity index (χ4v) is 1.69. The largest absolute Gasteiger partial charge is 0.320 e. The van der Waals surface area contributed by atoms with Crippen molar-refractivity contribution in [2.75, 3.05) is 20.1 Å². The molecule has 80 valence electrons. The number of imide groups is 1. The second-order valence-corrected chi connectivity index (χ2v) is 3.91. The summed E-state index contributed by atoms with van der Waals surface area (Å²) in [4.78, 5) is 24.4. The van der Waals surface area contributed by atoms with Crippen LogP contribution in [0.3, 0.4) is 0 Å². The van der Waals surface area contributed by atoms with Gasteiger partial charge in [-0.1, -0.05) is 6.92 Å². The summed E-state index contributed by atoms with van der Waals surface area (Å²) in [5, 5.41) is 3.00. The van der Waals surface area contributed by atoms with Gasteiger partial charge in [0.25, 0.3) is 0 Å². The zero-order valence-electron chi connectivity index (χ0n) is 8.88. The van der Waals surface area contributed by atoms with Crippen LogP contribution in [0.15, 0.2) is 0 Å². The quantitative estimate of drug-likeness (QED) is 0.525. The SMILES string of the molecule is CNCCCN1C(=O)CC(C)CC1=O. The Hall–Kier alpha value is -0.900. The molecule has 0 radical (unpaired) electrons. The smallest absolute Gasteiger partial charge is 0.229 e. The second kappa shape index (κ2) is 5.10. The van der Waals surface area contributed by atoms with Gasteiger partial charge in [0.2, 0.25) is 11.8 Å². The molecule has 1 rings (SSSR count). The third kappa shape index (κ3) is 2.80. The molecule has 1 heterocycles. The van der Waals surface area contributed by atoms with E-state index in [0.717, 1.165) is 13.0 Å². The Kier molecular flexibility index (Phi) is 4.07. The maximum Gasteiger partial charge on any atom is 0.229 e. The summed E-state index contributed by atoms with van der Waals surface area (Å²) in [7, 11) is 1.86. The monoisotopic (exact) mass is 198 g/mol. The van der Waals surface area contributed by atoms with E-state index in [1.165, 1.54) is 4.90 Å². The van der Waals surface area contributed by atoms with Crippen LogP contribution in [0, 0.1) is 5.92 Å². The van der Waals surface area contributed by atoms with Gasteiger partial charge in [-0.3, -0.25) is 14.5 Å². The van der Waals surface area contributed by atoms with E-state index in [9.17, 15) is 9.59 Å². The first-order chi connectivity index (χ1) is 6.65. The minimum Gasteiger partial charge on any atom is -0.320 e. The van der Waals surface area contributed by atoms with Crippen molar-refractivity contribution in [2.24, 2.45) is 5.92 Å². The molecule has 0 atom stereocenters. The number of likely N-dealkylation sites (tertiary alicyclic amines) is 1. The first-order valence-electron chi connectivity index (χ1n) is 5.13. The number of nitrogens with zero attached hydrogens (tertiary/aromatic N) is 1. The summed E-state index contributed by atoms with van der Waals surface area (Å²) in [6.45, 7) is 3.35. The van der Waals surface area contributed by atoms with Crippen molar-refractivity contribution in [3.8, 4) is 0 Å². The van der Waals surface area contributed by atoms with E-state index in [1.807, 2.05) is 14.0 Å². The highest BCUT2D eigenvalue weighted by atomic mass is 16.2. The average molecular weight is 198 g/mol. The van der Waals surface area contributed by atoms with Crippen LogP contribution in [0.1, 0.15) is 26.2 Å². The molecule has 0 aromatic heterocycles. The van der Waals surface area contributed by atoms with E-state index < -0.39 is 0 Å². The summed E-state index contributed by atoms with van der Waals surface area (Å²) in [5.74, 6) is 0.199. The van der Waals surface area contributed by atoms with Gasteiger partial charge in [-0.2, -0.15) is 0 Å². The second-order valence-electron chi connectivity index (χ2n) is 3.91. The Morgan fingerprint density at radius 3 is 2.43 bits per heavy atom. The molecule has 0 aromatic rings. The molecule has 0 bridgehead atoms. The molecule has 0 spiro atoms. The summed E-state index contributed by atoms with van der Waals surface area (Å²) < 4.78 is 0. The lowest BCUT2D eigenvalue weighted by Crippen LogP contribution is -2.43. The average Bonchev–Trinajstić information content (AvgIpc) is 2.09. The van der Waals surface area contributed by atoms with E-state index in [-0.39, 0.29) is 17.7 Å². The molecule has 14 heavy (non-hydrogen) atoms. The van der Waals surface area contributed by atoms with E-state index in [4.69, 9.17) is 0 Å². The molecule has 0 unspecified atom stereocenters. The first kappa shape index (κ1) is 11.2. The van der Waals surface area contributed by atoms with Crippen LogP contribution < -0.4 is 5.32 Å². The lowest BCUT2D eigenvalue weighted by molar-refractivity contribution is -0.149. The fraction of sp³-hybridized carbons (Fsp3) is 0.800. The summed E-state index contributed by atoms with van der Waals surface area (Å²) in [6, 6.07) is 0. The molecule has 4 heteroatoms. The Morgan fingerprint density at radius 1 is 1.36 bits per heavy atom. The van der Waals surface area contributed by atoms with Gasteiger partial charge in [-0.25, -0.2) is 0 Å². The molecular formula is C10H18N2O2. The predicted molar refractivity (Wildman–Crippen MR) is 53.7 cm³/mol. The van der Waals surface area contributed by atoms with Crippen molar-refractivity contribution in [1.82, 2.24) is 10.2 Å². The molecule has 2 amide bonds. The number of carbonyl (C=O) groups excluding carboxylic acids is 2. The van der Waals surface area contributed by atoms with E-state index in [2.05, 4.69) is 5.32 Å². The Balaban J connectivity index is 2.42. The van der Waals surface area contributed by atoms with Crippen molar-refractivity contribution < 1.29 is 9.59 Å².